The second kappa shape index (κ2) is 11.0. The van der Waals surface area contributed by atoms with Crippen LogP contribution in [0.3, 0.4) is 0 Å². The molecule has 1 aliphatic heterocycles. The SMILES string of the molecule is CCn1ncc2c3c(NCc4ccc(OC)c(Cl)c4)nnc(-n4cnc(C(=O)NN5CCOCC5)c4)c3cnc21. The standard InChI is InChI=1S/C26H27ClN10O3/c1-3-37-24-18(13-31-37)22-17(12-29-24)25(33-32-23(22)28-11-16-4-5-21(39-2)19(27)10-16)35-14-20(30-15-35)26(38)34-36-6-8-40-9-7-36/h4-5,10,12-15H,3,6-9,11H2,1-2H3,(H,28,32)(H,34,38). The number of aromatic nitrogens is 7. The number of methoxy groups -OCH3 is 1. The van der Waals surface area contributed by atoms with E-state index in [1.54, 1.807) is 36.6 Å². The number of carbonyl (C=O) groups is 1. The Morgan fingerprint density at radius 2 is 2.00 bits per heavy atom. The summed E-state index contributed by atoms with van der Waals surface area (Å²) in [6, 6.07) is 5.60. The maximum atomic E-state index is 12.8. The number of anilines is 1. The number of hydrogen-bond donors (Lipinski definition) is 2. The molecular weight excluding hydrogens is 536 g/mol. The van der Waals surface area contributed by atoms with E-state index in [1.165, 1.54) is 0 Å². The van der Waals surface area contributed by atoms with Gasteiger partial charge in [0.15, 0.2) is 17.3 Å². The van der Waals surface area contributed by atoms with Gasteiger partial charge in [0.2, 0.25) is 0 Å². The van der Waals surface area contributed by atoms with Crippen LogP contribution in [0.1, 0.15) is 23.0 Å². The highest BCUT2D eigenvalue weighted by molar-refractivity contribution is 6.32. The van der Waals surface area contributed by atoms with Gasteiger partial charge in [-0.15, -0.1) is 10.2 Å². The van der Waals surface area contributed by atoms with Gasteiger partial charge < -0.3 is 14.8 Å². The van der Waals surface area contributed by atoms with Gasteiger partial charge in [0.05, 0.1) is 36.9 Å². The quantitative estimate of drug-likeness (QED) is 0.290. The summed E-state index contributed by atoms with van der Waals surface area (Å²) >= 11 is 6.33. The fraction of sp³-hybridized carbons (Fsp3) is 0.308. The first kappa shape index (κ1) is 25.9. The first-order valence-corrected chi connectivity index (χ1v) is 13.2. The molecule has 5 aromatic rings. The fourth-order valence-electron chi connectivity index (χ4n) is 4.64. The van der Waals surface area contributed by atoms with Crippen LogP contribution in [0.4, 0.5) is 5.82 Å². The van der Waals surface area contributed by atoms with Crippen LogP contribution in [-0.2, 0) is 17.8 Å². The molecule has 0 radical (unpaired) electrons. The number of aryl methyl sites for hydroxylation is 1. The lowest BCUT2D eigenvalue weighted by Crippen LogP contribution is -2.48. The molecule has 6 rings (SSSR count). The van der Waals surface area contributed by atoms with Crippen LogP contribution in [0.2, 0.25) is 5.02 Å². The Balaban J connectivity index is 1.36. The zero-order chi connectivity index (χ0) is 27.6. The van der Waals surface area contributed by atoms with Crippen molar-refractivity contribution < 1.29 is 14.3 Å². The third kappa shape index (κ3) is 4.90. The van der Waals surface area contributed by atoms with Gasteiger partial charge in [-0.3, -0.25) is 14.8 Å². The number of nitrogens with one attached hydrogen (secondary N) is 2. The number of fused-ring (bicyclic) bond motifs is 3. The Morgan fingerprint density at radius 1 is 1.15 bits per heavy atom. The Kier molecular flexibility index (Phi) is 7.15. The molecule has 1 aromatic carbocycles. The van der Waals surface area contributed by atoms with Crippen LogP contribution in [0.5, 0.6) is 5.75 Å². The summed E-state index contributed by atoms with van der Waals surface area (Å²) in [6.45, 7) is 5.51. The number of benzene rings is 1. The van der Waals surface area contributed by atoms with Gasteiger partial charge in [-0.05, 0) is 24.6 Å². The Labute approximate surface area is 234 Å². The zero-order valence-electron chi connectivity index (χ0n) is 22.0. The third-order valence-electron chi connectivity index (χ3n) is 6.69. The second-order valence-electron chi connectivity index (χ2n) is 9.15. The second-order valence-corrected chi connectivity index (χ2v) is 9.55. The number of morpholine rings is 1. The van der Waals surface area contributed by atoms with E-state index < -0.39 is 0 Å². The Morgan fingerprint density at radius 3 is 2.77 bits per heavy atom. The lowest BCUT2D eigenvalue weighted by molar-refractivity contribution is 0.0125. The molecule has 40 heavy (non-hydrogen) atoms. The molecule has 1 aliphatic rings. The van der Waals surface area contributed by atoms with E-state index in [9.17, 15) is 4.79 Å². The molecule has 14 heteroatoms. The van der Waals surface area contributed by atoms with E-state index in [0.29, 0.717) is 61.8 Å². The van der Waals surface area contributed by atoms with Gasteiger partial charge >= 0.3 is 0 Å². The van der Waals surface area contributed by atoms with Gasteiger partial charge in [-0.1, -0.05) is 17.7 Å². The third-order valence-corrected chi connectivity index (χ3v) is 6.99. The molecule has 0 bridgehead atoms. The van der Waals surface area contributed by atoms with Gasteiger partial charge in [-0.2, -0.15) is 5.10 Å². The van der Waals surface area contributed by atoms with Crippen molar-refractivity contribution in [3.05, 3.63) is 59.4 Å². The van der Waals surface area contributed by atoms with Gasteiger partial charge in [0.1, 0.15) is 17.8 Å². The summed E-state index contributed by atoms with van der Waals surface area (Å²) in [5.41, 5.74) is 4.82. The smallest absolute Gasteiger partial charge is 0.285 e. The van der Waals surface area contributed by atoms with Crippen LogP contribution in [0.25, 0.3) is 27.6 Å². The molecule has 5 heterocycles. The number of carbonyl (C=O) groups excluding carboxylic acids is 1. The van der Waals surface area contributed by atoms with Crippen molar-refractivity contribution in [3.8, 4) is 11.6 Å². The summed E-state index contributed by atoms with van der Waals surface area (Å²) in [6.07, 6.45) is 6.71. The normalized spacial score (nSPS) is 14.1. The number of rotatable bonds is 8. The van der Waals surface area contributed by atoms with E-state index >= 15 is 0 Å². The molecule has 1 saturated heterocycles. The number of amides is 1. The molecule has 206 valence electrons. The molecule has 2 N–H and O–H groups in total. The van der Waals surface area contributed by atoms with E-state index in [1.807, 2.05) is 34.8 Å². The zero-order valence-corrected chi connectivity index (χ0v) is 22.7. The minimum Gasteiger partial charge on any atom is -0.495 e. The number of ether oxygens (including phenoxy) is 2. The van der Waals surface area contributed by atoms with Crippen molar-refractivity contribution in [1.82, 2.24) is 44.9 Å². The topological polar surface area (TPSA) is 137 Å². The predicted molar refractivity (Wildman–Crippen MR) is 149 cm³/mol. The van der Waals surface area contributed by atoms with E-state index in [4.69, 9.17) is 21.1 Å². The highest BCUT2D eigenvalue weighted by atomic mass is 35.5. The van der Waals surface area contributed by atoms with Crippen molar-refractivity contribution in [2.75, 3.05) is 38.7 Å². The number of hydrazine groups is 1. The molecule has 0 aliphatic carbocycles. The minimum absolute atomic E-state index is 0.257. The van der Waals surface area contributed by atoms with Gasteiger partial charge in [0, 0.05) is 49.3 Å². The average molecular weight is 563 g/mol. The van der Waals surface area contributed by atoms with E-state index in [0.717, 1.165) is 27.4 Å². The largest absolute Gasteiger partial charge is 0.495 e. The predicted octanol–water partition coefficient (Wildman–Crippen LogP) is 2.83. The van der Waals surface area contributed by atoms with Crippen LogP contribution in [-0.4, -0.2) is 78.8 Å². The summed E-state index contributed by atoms with van der Waals surface area (Å²) in [5, 5.41) is 21.6. The van der Waals surface area contributed by atoms with Crippen LogP contribution >= 0.6 is 11.6 Å². The maximum absolute atomic E-state index is 12.8. The molecular formula is C26H27ClN10O3. The maximum Gasteiger partial charge on any atom is 0.285 e. The first-order valence-electron chi connectivity index (χ1n) is 12.8. The van der Waals surface area contributed by atoms with Gasteiger partial charge in [-0.25, -0.2) is 19.7 Å². The molecule has 4 aromatic heterocycles. The monoisotopic (exact) mass is 562 g/mol. The highest BCUT2D eigenvalue weighted by Gasteiger charge is 2.20. The van der Waals surface area contributed by atoms with Crippen molar-refractivity contribution in [2.24, 2.45) is 0 Å². The molecule has 1 amide bonds. The number of imidazole rings is 1. The Hall–Kier alpha value is -4.33. The average Bonchev–Trinajstić information content (AvgIpc) is 3.64. The molecule has 0 saturated carbocycles. The highest BCUT2D eigenvalue weighted by Crippen LogP contribution is 2.32. The van der Waals surface area contributed by atoms with Crippen molar-refractivity contribution in [3.63, 3.8) is 0 Å². The summed E-state index contributed by atoms with van der Waals surface area (Å²) in [7, 11) is 1.58. The van der Waals surface area contributed by atoms with Crippen LogP contribution < -0.4 is 15.5 Å². The van der Waals surface area contributed by atoms with Crippen molar-refractivity contribution in [2.45, 2.75) is 20.0 Å². The lowest BCUT2D eigenvalue weighted by atomic mass is 10.1. The van der Waals surface area contributed by atoms with Crippen molar-refractivity contribution >= 4 is 45.1 Å². The summed E-state index contributed by atoms with van der Waals surface area (Å²) in [4.78, 5) is 21.8. The molecule has 0 spiro atoms. The van der Waals surface area contributed by atoms with Gasteiger partial charge in [0.25, 0.3) is 5.91 Å². The number of hydrogen-bond acceptors (Lipinski definition) is 10. The minimum atomic E-state index is -0.306. The van der Waals surface area contributed by atoms with Crippen LogP contribution in [0, 0.1) is 0 Å². The molecule has 13 nitrogen and oxygen atoms in total. The summed E-state index contributed by atoms with van der Waals surface area (Å²) in [5.74, 6) is 1.36. The number of nitrogens with zero attached hydrogens (tertiary/aromatic N) is 8. The Bertz CT molecular complexity index is 1700. The molecule has 0 atom stereocenters. The van der Waals surface area contributed by atoms with Crippen molar-refractivity contribution in [1.29, 1.82) is 0 Å². The summed E-state index contributed by atoms with van der Waals surface area (Å²) < 4.78 is 14.1. The fourth-order valence-corrected chi connectivity index (χ4v) is 4.92. The van der Waals surface area contributed by atoms with E-state index in [-0.39, 0.29) is 11.6 Å². The molecule has 0 unspecified atom stereocenters. The van der Waals surface area contributed by atoms with Crippen LogP contribution in [0.15, 0.2) is 43.1 Å². The lowest BCUT2D eigenvalue weighted by Gasteiger charge is -2.26. The number of halogens is 1. The first-order chi connectivity index (χ1) is 19.6. The molecule has 1 fully saturated rings. The van der Waals surface area contributed by atoms with E-state index in [2.05, 4.69) is 36.0 Å². The number of pyridine rings is 1.